The number of nitrogens with one attached hydrogen (secondary N) is 1. The number of carbonyl (C=O) groups is 1. The average molecular weight is 376 g/mol. The van der Waals surface area contributed by atoms with Crippen LogP contribution < -0.4 is 14.8 Å². The van der Waals surface area contributed by atoms with Crippen molar-refractivity contribution < 1.29 is 19.0 Å². The Balaban J connectivity index is 1.83. The van der Waals surface area contributed by atoms with Crippen molar-refractivity contribution in [3.8, 4) is 11.5 Å². The van der Waals surface area contributed by atoms with E-state index in [0.717, 1.165) is 31.8 Å². The number of hydrogen-bond acceptors (Lipinski definition) is 5. The Bertz CT molecular complexity index is 631. The highest BCUT2D eigenvalue weighted by molar-refractivity contribution is 5.91. The van der Waals surface area contributed by atoms with Gasteiger partial charge < -0.3 is 19.5 Å². The third-order valence-corrected chi connectivity index (χ3v) is 4.26. The van der Waals surface area contributed by atoms with E-state index in [1.165, 1.54) is 6.08 Å². The molecule has 1 aliphatic heterocycles. The zero-order valence-electron chi connectivity index (χ0n) is 16.9. The zero-order chi connectivity index (χ0) is 19.6. The molecule has 1 saturated heterocycles. The van der Waals surface area contributed by atoms with Crippen LogP contribution in [-0.4, -0.2) is 63.4 Å². The molecule has 1 heterocycles. The Morgan fingerprint density at radius 3 is 2.93 bits per heavy atom. The van der Waals surface area contributed by atoms with E-state index < -0.39 is 0 Å². The molecule has 1 fully saturated rings. The first-order chi connectivity index (χ1) is 13.0. The largest absolute Gasteiger partial charge is 0.493 e. The van der Waals surface area contributed by atoms with Gasteiger partial charge in [-0.05, 0) is 36.6 Å². The standard InChI is InChI=1S/C21H32N2O4/c1-5-26-20-12-17(6-8-19(20)25-4)7-9-21(24)22-13-18-15-23(10-11-27-18)14-16(2)3/h6-9,12,16,18H,5,10-11,13-15H2,1-4H3,(H,22,24)/b9-7+. The highest BCUT2D eigenvalue weighted by Gasteiger charge is 2.21. The van der Waals surface area contributed by atoms with E-state index in [2.05, 4.69) is 24.1 Å². The second-order valence-corrected chi connectivity index (χ2v) is 7.07. The van der Waals surface area contributed by atoms with Gasteiger partial charge in [0, 0.05) is 32.3 Å². The molecule has 1 atom stereocenters. The fraction of sp³-hybridized carbons (Fsp3) is 0.571. The molecule has 6 heteroatoms. The summed E-state index contributed by atoms with van der Waals surface area (Å²) in [4.78, 5) is 14.5. The number of rotatable bonds is 9. The average Bonchev–Trinajstić information content (AvgIpc) is 2.65. The van der Waals surface area contributed by atoms with E-state index >= 15 is 0 Å². The van der Waals surface area contributed by atoms with Gasteiger partial charge in [0.25, 0.3) is 0 Å². The number of morpholine rings is 1. The van der Waals surface area contributed by atoms with Crippen molar-refractivity contribution in [2.45, 2.75) is 26.9 Å². The molecule has 1 amide bonds. The van der Waals surface area contributed by atoms with E-state index in [-0.39, 0.29) is 12.0 Å². The molecule has 6 nitrogen and oxygen atoms in total. The topological polar surface area (TPSA) is 60.0 Å². The van der Waals surface area contributed by atoms with Gasteiger partial charge in [-0.2, -0.15) is 0 Å². The minimum Gasteiger partial charge on any atom is -0.493 e. The molecule has 0 aliphatic carbocycles. The predicted molar refractivity (Wildman–Crippen MR) is 107 cm³/mol. The van der Waals surface area contributed by atoms with Crippen LogP contribution in [-0.2, 0) is 9.53 Å². The molecular weight excluding hydrogens is 344 g/mol. The molecule has 0 saturated carbocycles. The Morgan fingerprint density at radius 2 is 2.22 bits per heavy atom. The number of carbonyl (C=O) groups excluding carboxylic acids is 1. The van der Waals surface area contributed by atoms with Crippen LogP contribution in [0.3, 0.4) is 0 Å². The molecule has 150 valence electrons. The Kier molecular flexibility index (Phi) is 8.61. The molecule has 1 aromatic carbocycles. The quantitative estimate of drug-likeness (QED) is 0.671. The minimum absolute atomic E-state index is 0.0420. The summed E-state index contributed by atoms with van der Waals surface area (Å²) in [5, 5.41) is 2.93. The van der Waals surface area contributed by atoms with Crippen molar-refractivity contribution in [3.05, 3.63) is 29.8 Å². The number of nitrogens with zero attached hydrogens (tertiary/aromatic N) is 1. The normalized spacial score (nSPS) is 18.0. The molecular formula is C21H32N2O4. The fourth-order valence-corrected chi connectivity index (χ4v) is 3.10. The highest BCUT2D eigenvalue weighted by atomic mass is 16.5. The second kappa shape index (κ2) is 10.9. The van der Waals surface area contributed by atoms with Crippen molar-refractivity contribution >= 4 is 12.0 Å². The molecule has 0 bridgehead atoms. The van der Waals surface area contributed by atoms with Crippen LogP contribution in [0.4, 0.5) is 0 Å². The van der Waals surface area contributed by atoms with Crippen molar-refractivity contribution in [3.63, 3.8) is 0 Å². The van der Waals surface area contributed by atoms with Gasteiger partial charge >= 0.3 is 0 Å². The van der Waals surface area contributed by atoms with Crippen molar-refractivity contribution in [2.24, 2.45) is 5.92 Å². The summed E-state index contributed by atoms with van der Waals surface area (Å²) in [6.07, 6.45) is 3.34. The van der Waals surface area contributed by atoms with Crippen LogP contribution in [0, 0.1) is 5.92 Å². The lowest BCUT2D eigenvalue weighted by Crippen LogP contribution is -2.48. The lowest BCUT2D eigenvalue weighted by molar-refractivity contribution is -0.117. The number of amides is 1. The van der Waals surface area contributed by atoms with Gasteiger partial charge in [0.2, 0.25) is 5.91 Å². The van der Waals surface area contributed by atoms with E-state index in [0.29, 0.717) is 30.6 Å². The number of ether oxygens (including phenoxy) is 3. The smallest absolute Gasteiger partial charge is 0.244 e. The lowest BCUT2D eigenvalue weighted by atomic mass is 10.1. The summed E-state index contributed by atoms with van der Waals surface area (Å²) < 4.78 is 16.6. The zero-order valence-corrected chi connectivity index (χ0v) is 16.9. The van der Waals surface area contributed by atoms with E-state index in [4.69, 9.17) is 14.2 Å². The third-order valence-electron chi connectivity index (χ3n) is 4.26. The molecule has 1 aromatic rings. The first kappa shape index (κ1) is 21.3. The van der Waals surface area contributed by atoms with Crippen LogP contribution >= 0.6 is 0 Å². The monoisotopic (exact) mass is 376 g/mol. The van der Waals surface area contributed by atoms with Crippen molar-refractivity contribution in [1.29, 1.82) is 0 Å². The summed E-state index contributed by atoms with van der Waals surface area (Å²) >= 11 is 0. The maximum atomic E-state index is 12.1. The SMILES string of the molecule is CCOc1cc(/C=C/C(=O)NCC2CN(CC(C)C)CCO2)ccc1OC. The summed E-state index contributed by atoms with van der Waals surface area (Å²) in [6, 6.07) is 5.58. The van der Waals surface area contributed by atoms with Crippen molar-refractivity contribution in [2.75, 3.05) is 46.5 Å². The number of hydrogen-bond donors (Lipinski definition) is 1. The molecule has 1 aliphatic rings. The van der Waals surface area contributed by atoms with Gasteiger partial charge in [0.15, 0.2) is 11.5 Å². The fourth-order valence-electron chi connectivity index (χ4n) is 3.10. The van der Waals surface area contributed by atoms with Crippen LogP contribution in [0.2, 0.25) is 0 Å². The van der Waals surface area contributed by atoms with Gasteiger partial charge in [-0.15, -0.1) is 0 Å². The van der Waals surface area contributed by atoms with Gasteiger partial charge in [0.1, 0.15) is 0 Å². The highest BCUT2D eigenvalue weighted by Crippen LogP contribution is 2.28. The lowest BCUT2D eigenvalue weighted by Gasteiger charge is -2.33. The first-order valence-corrected chi connectivity index (χ1v) is 9.62. The maximum Gasteiger partial charge on any atom is 0.244 e. The molecule has 1 N–H and O–H groups in total. The van der Waals surface area contributed by atoms with E-state index in [1.807, 2.05) is 25.1 Å². The van der Waals surface area contributed by atoms with Gasteiger partial charge in [-0.25, -0.2) is 0 Å². The first-order valence-electron chi connectivity index (χ1n) is 9.62. The molecule has 2 rings (SSSR count). The predicted octanol–water partition coefficient (Wildman–Crippen LogP) is 2.58. The van der Waals surface area contributed by atoms with Crippen LogP contribution in [0.25, 0.3) is 6.08 Å². The van der Waals surface area contributed by atoms with Crippen LogP contribution in [0.1, 0.15) is 26.3 Å². The van der Waals surface area contributed by atoms with Crippen LogP contribution in [0.5, 0.6) is 11.5 Å². The maximum absolute atomic E-state index is 12.1. The molecule has 1 unspecified atom stereocenters. The van der Waals surface area contributed by atoms with Crippen molar-refractivity contribution in [1.82, 2.24) is 10.2 Å². The molecule has 0 spiro atoms. The van der Waals surface area contributed by atoms with Crippen LogP contribution in [0.15, 0.2) is 24.3 Å². The molecule has 27 heavy (non-hydrogen) atoms. The molecule has 0 aromatic heterocycles. The summed E-state index contributed by atoms with van der Waals surface area (Å²) in [7, 11) is 1.61. The van der Waals surface area contributed by atoms with E-state index in [9.17, 15) is 4.79 Å². The third kappa shape index (κ3) is 7.23. The number of methoxy groups -OCH3 is 1. The Morgan fingerprint density at radius 1 is 1.41 bits per heavy atom. The summed E-state index contributed by atoms with van der Waals surface area (Å²) in [5.41, 5.74) is 0.881. The Hall–Kier alpha value is -2.05. The van der Waals surface area contributed by atoms with Gasteiger partial charge in [-0.1, -0.05) is 19.9 Å². The molecule has 0 radical (unpaired) electrons. The summed E-state index contributed by atoms with van der Waals surface area (Å²) in [6.45, 7) is 11.0. The van der Waals surface area contributed by atoms with Gasteiger partial charge in [-0.3, -0.25) is 9.69 Å². The summed E-state index contributed by atoms with van der Waals surface area (Å²) in [5.74, 6) is 1.85. The Labute approximate surface area is 162 Å². The second-order valence-electron chi connectivity index (χ2n) is 7.07. The van der Waals surface area contributed by atoms with E-state index in [1.54, 1.807) is 13.2 Å². The van der Waals surface area contributed by atoms with Gasteiger partial charge in [0.05, 0.1) is 26.4 Å². The minimum atomic E-state index is -0.131. The number of benzene rings is 1.